The Morgan fingerprint density at radius 1 is 1.14 bits per heavy atom. The van der Waals surface area contributed by atoms with Gasteiger partial charge in [0.15, 0.2) is 0 Å². The van der Waals surface area contributed by atoms with Crippen LogP contribution in [0, 0.1) is 11.6 Å². The van der Waals surface area contributed by atoms with Gasteiger partial charge in [0.05, 0.1) is 6.20 Å². The van der Waals surface area contributed by atoms with E-state index >= 15 is 0 Å². The van der Waals surface area contributed by atoms with Gasteiger partial charge in [-0.3, -0.25) is 15.1 Å². The highest BCUT2D eigenvalue weighted by Gasteiger charge is 2.21. The van der Waals surface area contributed by atoms with Crippen molar-refractivity contribution in [1.82, 2.24) is 10.3 Å². The van der Waals surface area contributed by atoms with Crippen LogP contribution < -0.4 is 11.1 Å². The Labute approximate surface area is 121 Å². The molecule has 1 aromatic heterocycles. The van der Waals surface area contributed by atoms with Crippen molar-refractivity contribution in [1.29, 1.82) is 0 Å². The number of carbonyl (C=O) groups excluding carboxylic acids is 1. The molecule has 2 atom stereocenters. The SMILES string of the molecule is C[C@@H](N[C@H](C(N)=O)c1ccc(F)cc1)c1cncc(F)c1. The van der Waals surface area contributed by atoms with Gasteiger partial charge in [0, 0.05) is 12.2 Å². The number of carbonyl (C=O) groups is 1. The molecule has 3 N–H and O–H groups in total. The molecule has 4 nitrogen and oxygen atoms in total. The molecule has 21 heavy (non-hydrogen) atoms. The molecule has 1 aromatic carbocycles. The number of rotatable bonds is 5. The van der Waals surface area contributed by atoms with Gasteiger partial charge in [-0.05, 0) is 36.2 Å². The normalized spacial score (nSPS) is 13.7. The van der Waals surface area contributed by atoms with E-state index in [0.29, 0.717) is 11.1 Å². The van der Waals surface area contributed by atoms with Crippen LogP contribution in [0.2, 0.25) is 0 Å². The van der Waals surface area contributed by atoms with Crippen LogP contribution in [0.15, 0.2) is 42.7 Å². The topological polar surface area (TPSA) is 68.0 Å². The summed E-state index contributed by atoms with van der Waals surface area (Å²) >= 11 is 0. The molecule has 0 aliphatic heterocycles. The third kappa shape index (κ3) is 3.82. The predicted octanol–water partition coefficient (Wildman–Crippen LogP) is 2.24. The Bertz CT molecular complexity index is 631. The molecule has 0 saturated carbocycles. The number of amides is 1. The highest BCUT2D eigenvalue weighted by atomic mass is 19.1. The molecule has 0 saturated heterocycles. The molecule has 0 fully saturated rings. The first-order valence-corrected chi connectivity index (χ1v) is 6.38. The maximum absolute atomic E-state index is 13.2. The van der Waals surface area contributed by atoms with E-state index in [9.17, 15) is 13.6 Å². The zero-order valence-electron chi connectivity index (χ0n) is 11.4. The van der Waals surface area contributed by atoms with E-state index in [0.717, 1.165) is 6.20 Å². The summed E-state index contributed by atoms with van der Waals surface area (Å²) in [5, 5.41) is 2.99. The molecule has 110 valence electrons. The summed E-state index contributed by atoms with van der Waals surface area (Å²) in [6.07, 6.45) is 2.60. The molecule has 0 spiro atoms. The van der Waals surface area contributed by atoms with Crippen molar-refractivity contribution in [3.05, 3.63) is 65.5 Å². The number of hydrogen-bond donors (Lipinski definition) is 2. The molecule has 2 aromatic rings. The lowest BCUT2D eigenvalue weighted by molar-refractivity contribution is -0.120. The first-order valence-electron chi connectivity index (χ1n) is 6.38. The van der Waals surface area contributed by atoms with Gasteiger partial charge in [-0.15, -0.1) is 0 Å². The standard InChI is InChI=1S/C15H15F2N3O/c1-9(11-6-13(17)8-19-7-11)20-14(15(18)21)10-2-4-12(16)5-3-10/h2-9,14,20H,1H3,(H2,18,21)/t9-,14+/m1/s1. The van der Waals surface area contributed by atoms with Gasteiger partial charge in [-0.2, -0.15) is 0 Å². The van der Waals surface area contributed by atoms with Crippen LogP contribution in [0.4, 0.5) is 8.78 Å². The molecule has 1 heterocycles. The number of nitrogens with one attached hydrogen (secondary N) is 1. The lowest BCUT2D eigenvalue weighted by Crippen LogP contribution is -2.35. The van der Waals surface area contributed by atoms with E-state index in [4.69, 9.17) is 5.73 Å². The highest BCUT2D eigenvalue weighted by Crippen LogP contribution is 2.20. The van der Waals surface area contributed by atoms with Crippen LogP contribution >= 0.6 is 0 Å². The quantitative estimate of drug-likeness (QED) is 0.887. The largest absolute Gasteiger partial charge is 0.368 e. The summed E-state index contributed by atoms with van der Waals surface area (Å²) in [5.41, 5.74) is 6.51. The van der Waals surface area contributed by atoms with Crippen molar-refractivity contribution in [2.45, 2.75) is 19.0 Å². The zero-order chi connectivity index (χ0) is 15.4. The zero-order valence-corrected chi connectivity index (χ0v) is 11.4. The number of primary amides is 1. The van der Waals surface area contributed by atoms with E-state index in [-0.39, 0.29) is 6.04 Å². The van der Waals surface area contributed by atoms with E-state index in [1.807, 2.05) is 0 Å². The van der Waals surface area contributed by atoms with Crippen LogP contribution in [0.5, 0.6) is 0 Å². The molecule has 6 heteroatoms. The maximum atomic E-state index is 13.2. The van der Waals surface area contributed by atoms with E-state index in [2.05, 4.69) is 10.3 Å². The van der Waals surface area contributed by atoms with Crippen molar-refractivity contribution >= 4 is 5.91 Å². The Morgan fingerprint density at radius 2 is 1.81 bits per heavy atom. The Morgan fingerprint density at radius 3 is 2.38 bits per heavy atom. The fraction of sp³-hybridized carbons (Fsp3) is 0.200. The molecule has 1 amide bonds. The molecule has 2 rings (SSSR count). The second kappa shape index (κ2) is 6.41. The van der Waals surface area contributed by atoms with E-state index < -0.39 is 23.6 Å². The molecule has 0 aliphatic carbocycles. The first kappa shape index (κ1) is 15.1. The number of aromatic nitrogens is 1. The van der Waals surface area contributed by atoms with Crippen LogP contribution in [0.1, 0.15) is 30.1 Å². The highest BCUT2D eigenvalue weighted by molar-refractivity contribution is 5.81. The fourth-order valence-electron chi connectivity index (χ4n) is 2.01. The van der Waals surface area contributed by atoms with Crippen LogP contribution in [0.25, 0.3) is 0 Å². The average Bonchev–Trinajstić information content (AvgIpc) is 2.45. The summed E-state index contributed by atoms with van der Waals surface area (Å²) in [6.45, 7) is 1.76. The third-order valence-corrected chi connectivity index (χ3v) is 3.13. The van der Waals surface area contributed by atoms with Crippen molar-refractivity contribution < 1.29 is 13.6 Å². The Kier molecular flexibility index (Phi) is 4.59. The number of nitrogens with zero attached hydrogens (tertiary/aromatic N) is 1. The summed E-state index contributed by atoms with van der Waals surface area (Å²) < 4.78 is 26.1. The van der Waals surface area contributed by atoms with Crippen molar-refractivity contribution in [2.75, 3.05) is 0 Å². The van der Waals surface area contributed by atoms with Crippen LogP contribution in [-0.4, -0.2) is 10.9 Å². The van der Waals surface area contributed by atoms with Gasteiger partial charge in [-0.25, -0.2) is 8.78 Å². The second-order valence-electron chi connectivity index (χ2n) is 4.71. The summed E-state index contributed by atoms with van der Waals surface area (Å²) in [5.74, 6) is -1.46. The average molecular weight is 291 g/mol. The molecule has 0 radical (unpaired) electrons. The minimum atomic E-state index is -0.802. The van der Waals surface area contributed by atoms with Gasteiger partial charge >= 0.3 is 0 Å². The van der Waals surface area contributed by atoms with E-state index in [1.165, 1.54) is 36.5 Å². The first-order chi connectivity index (χ1) is 9.97. The number of pyridine rings is 1. The van der Waals surface area contributed by atoms with E-state index in [1.54, 1.807) is 6.92 Å². The van der Waals surface area contributed by atoms with Crippen molar-refractivity contribution in [3.63, 3.8) is 0 Å². The lowest BCUT2D eigenvalue weighted by atomic mass is 10.0. The van der Waals surface area contributed by atoms with Crippen LogP contribution in [-0.2, 0) is 4.79 Å². The molecule has 0 bridgehead atoms. The van der Waals surface area contributed by atoms with Gasteiger partial charge in [0.1, 0.15) is 17.7 Å². The van der Waals surface area contributed by atoms with Gasteiger partial charge in [0.25, 0.3) is 0 Å². The Balaban J connectivity index is 2.20. The van der Waals surface area contributed by atoms with Crippen LogP contribution in [0.3, 0.4) is 0 Å². The smallest absolute Gasteiger partial charge is 0.239 e. The van der Waals surface area contributed by atoms with Gasteiger partial charge in [-0.1, -0.05) is 12.1 Å². The summed E-state index contributed by atoms with van der Waals surface area (Å²) in [6, 6.07) is 5.64. The minimum absolute atomic E-state index is 0.351. The van der Waals surface area contributed by atoms with Gasteiger partial charge in [0.2, 0.25) is 5.91 Å². The molecule has 0 unspecified atom stereocenters. The molecule has 0 aliphatic rings. The predicted molar refractivity (Wildman–Crippen MR) is 74.1 cm³/mol. The summed E-state index contributed by atoms with van der Waals surface area (Å²) in [7, 11) is 0. The Hall–Kier alpha value is -2.34. The lowest BCUT2D eigenvalue weighted by Gasteiger charge is -2.21. The number of nitrogens with two attached hydrogens (primary N) is 1. The fourth-order valence-corrected chi connectivity index (χ4v) is 2.01. The molecular weight excluding hydrogens is 276 g/mol. The number of hydrogen-bond acceptors (Lipinski definition) is 3. The van der Waals surface area contributed by atoms with Crippen molar-refractivity contribution in [3.8, 4) is 0 Å². The number of benzene rings is 1. The monoisotopic (exact) mass is 291 g/mol. The molecular formula is C15H15F2N3O. The maximum Gasteiger partial charge on any atom is 0.239 e. The van der Waals surface area contributed by atoms with Crippen molar-refractivity contribution in [2.24, 2.45) is 5.73 Å². The summed E-state index contributed by atoms with van der Waals surface area (Å²) in [4.78, 5) is 15.4. The third-order valence-electron chi connectivity index (χ3n) is 3.13. The second-order valence-corrected chi connectivity index (χ2v) is 4.71. The number of halogens is 2. The minimum Gasteiger partial charge on any atom is -0.368 e. The van der Waals surface area contributed by atoms with Gasteiger partial charge < -0.3 is 5.73 Å².